The van der Waals surface area contributed by atoms with E-state index < -0.39 is 0 Å². The van der Waals surface area contributed by atoms with Crippen LogP contribution in [0, 0.1) is 5.92 Å². The molecule has 1 aliphatic heterocycles. The lowest BCUT2D eigenvalue weighted by Crippen LogP contribution is -2.28. The summed E-state index contributed by atoms with van der Waals surface area (Å²) in [5.74, 6) is 2.86. The molecule has 1 saturated carbocycles. The number of hydrogen-bond acceptors (Lipinski definition) is 4. The molecule has 5 heteroatoms. The zero-order valence-electron chi connectivity index (χ0n) is 12.0. The molecule has 0 bridgehead atoms. The van der Waals surface area contributed by atoms with Crippen molar-refractivity contribution in [1.29, 1.82) is 0 Å². The van der Waals surface area contributed by atoms with Gasteiger partial charge in [-0.25, -0.2) is 0 Å². The summed E-state index contributed by atoms with van der Waals surface area (Å²) in [6.07, 6.45) is 1.82. The molecule has 2 atom stereocenters. The van der Waals surface area contributed by atoms with Crippen molar-refractivity contribution in [2.45, 2.75) is 25.4 Å². The topological polar surface area (TPSA) is 48.0 Å². The van der Waals surface area contributed by atoms with E-state index in [2.05, 4.69) is 0 Å². The molecule has 1 amide bonds. The summed E-state index contributed by atoms with van der Waals surface area (Å²) in [5.41, 5.74) is 0.900. The number of hydrogen-bond donors (Lipinski definition) is 0. The second-order valence-electron chi connectivity index (χ2n) is 5.30. The Bertz CT molecular complexity index is 518. The Morgan fingerprint density at radius 2 is 1.80 bits per heavy atom. The Balaban J connectivity index is 1.92. The van der Waals surface area contributed by atoms with Crippen molar-refractivity contribution < 1.29 is 19.0 Å². The van der Waals surface area contributed by atoms with E-state index >= 15 is 0 Å². The zero-order valence-corrected chi connectivity index (χ0v) is 12.0. The molecule has 1 aromatic rings. The molecule has 1 heterocycles. The Kier molecular flexibility index (Phi) is 3.20. The van der Waals surface area contributed by atoms with Gasteiger partial charge in [0, 0.05) is 24.6 Å². The van der Waals surface area contributed by atoms with Crippen LogP contribution in [0.5, 0.6) is 17.2 Å². The first kappa shape index (κ1) is 13.1. The Labute approximate surface area is 118 Å². The fourth-order valence-electron chi connectivity index (χ4n) is 2.97. The second-order valence-corrected chi connectivity index (χ2v) is 5.30. The maximum Gasteiger partial charge on any atom is 0.223 e. The van der Waals surface area contributed by atoms with Crippen LogP contribution in [0.4, 0.5) is 0 Å². The third-order valence-electron chi connectivity index (χ3n) is 4.19. The van der Waals surface area contributed by atoms with Crippen molar-refractivity contribution in [3.63, 3.8) is 0 Å². The maximum atomic E-state index is 12.0. The third kappa shape index (κ3) is 2.07. The van der Waals surface area contributed by atoms with Crippen molar-refractivity contribution in [2.24, 2.45) is 5.92 Å². The van der Waals surface area contributed by atoms with Crippen LogP contribution in [0.1, 0.15) is 18.4 Å². The number of piperidine rings is 1. The lowest BCUT2D eigenvalue weighted by atomic mass is 10.1. The van der Waals surface area contributed by atoms with Gasteiger partial charge in [0.25, 0.3) is 0 Å². The smallest absolute Gasteiger partial charge is 0.223 e. The van der Waals surface area contributed by atoms with Gasteiger partial charge in [0.1, 0.15) is 17.2 Å². The number of fused-ring (bicyclic) bond motifs is 1. The summed E-state index contributed by atoms with van der Waals surface area (Å²) >= 11 is 0. The van der Waals surface area contributed by atoms with E-state index in [0.717, 1.165) is 12.0 Å². The van der Waals surface area contributed by atoms with Crippen molar-refractivity contribution in [2.75, 3.05) is 21.3 Å². The van der Waals surface area contributed by atoms with Crippen LogP contribution in [-0.4, -0.2) is 38.2 Å². The van der Waals surface area contributed by atoms with Gasteiger partial charge in [-0.2, -0.15) is 0 Å². The molecule has 0 spiro atoms. The van der Waals surface area contributed by atoms with E-state index in [9.17, 15) is 4.79 Å². The van der Waals surface area contributed by atoms with Crippen LogP contribution in [0.15, 0.2) is 12.1 Å². The van der Waals surface area contributed by atoms with E-state index in [1.165, 1.54) is 0 Å². The van der Waals surface area contributed by atoms with Gasteiger partial charge in [-0.15, -0.1) is 0 Å². The van der Waals surface area contributed by atoms with Crippen LogP contribution >= 0.6 is 0 Å². The number of amides is 1. The lowest BCUT2D eigenvalue weighted by Gasteiger charge is -2.22. The number of nitrogens with zero attached hydrogens (tertiary/aromatic N) is 1. The predicted octanol–water partition coefficient (Wildman–Crippen LogP) is 1.83. The lowest BCUT2D eigenvalue weighted by molar-refractivity contribution is -0.129. The van der Waals surface area contributed by atoms with E-state index in [-0.39, 0.29) is 5.91 Å². The highest BCUT2D eigenvalue weighted by Gasteiger charge is 2.51. The highest BCUT2D eigenvalue weighted by Crippen LogP contribution is 2.47. The normalized spacial score (nSPS) is 23.6. The predicted molar refractivity (Wildman–Crippen MR) is 73.2 cm³/mol. The summed E-state index contributed by atoms with van der Waals surface area (Å²) in [7, 11) is 4.83. The van der Waals surface area contributed by atoms with E-state index in [4.69, 9.17) is 14.2 Å². The standard InChI is InChI=1S/C15H19NO4/c1-18-10-6-13(19-2)11(14(7-10)20-3)8-16-12-4-9(12)5-15(16)17/h6-7,9,12H,4-5,8H2,1-3H3/t9-,12-/m0/s1. The molecule has 0 aromatic heterocycles. The summed E-state index contributed by atoms with van der Waals surface area (Å²) in [6, 6.07) is 4.06. The molecular formula is C15H19NO4. The quantitative estimate of drug-likeness (QED) is 0.824. The number of likely N-dealkylation sites (tertiary alicyclic amines) is 1. The molecule has 1 aliphatic carbocycles. The van der Waals surface area contributed by atoms with E-state index in [1.807, 2.05) is 17.0 Å². The average Bonchev–Trinajstić information content (AvgIpc) is 3.15. The molecule has 0 radical (unpaired) electrons. The zero-order chi connectivity index (χ0) is 14.3. The number of carbonyl (C=O) groups excluding carboxylic acids is 1. The van der Waals surface area contributed by atoms with Crippen molar-refractivity contribution in [1.82, 2.24) is 4.90 Å². The minimum Gasteiger partial charge on any atom is -0.496 e. The molecule has 2 fully saturated rings. The highest BCUT2D eigenvalue weighted by atomic mass is 16.5. The Hall–Kier alpha value is -1.91. The van der Waals surface area contributed by atoms with Gasteiger partial charge in [0.15, 0.2) is 0 Å². The van der Waals surface area contributed by atoms with Gasteiger partial charge in [0.2, 0.25) is 5.91 Å². The minimum atomic E-state index is 0.228. The van der Waals surface area contributed by atoms with Gasteiger partial charge in [0.05, 0.1) is 33.4 Å². The summed E-state index contributed by atoms with van der Waals surface area (Å²) in [5, 5.41) is 0. The number of rotatable bonds is 5. The van der Waals surface area contributed by atoms with E-state index in [0.29, 0.717) is 42.2 Å². The molecule has 20 heavy (non-hydrogen) atoms. The monoisotopic (exact) mass is 277 g/mol. The van der Waals surface area contributed by atoms with Gasteiger partial charge in [-0.05, 0) is 12.3 Å². The third-order valence-corrected chi connectivity index (χ3v) is 4.19. The summed E-state index contributed by atoms with van der Waals surface area (Å²) in [4.78, 5) is 13.9. The average molecular weight is 277 g/mol. The molecule has 1 aromatic carbocycles. The first-order valence-electron chi connectivity index (χ1n) is 6.76. The number of benzene rings is 1. The Morgan fingerprint density at radius 1 is 1.15 bits per heavy atom. The number of ether oxygens (including phenoxy) is 3. The molecule has 1 saturated heterocycles. The van der Waals surface area contributed by atoms with Crippen molar-refractivity contribution in [3.8, 4) is 17.2 Å². The second kappa shape index (κ2) is 4.89. The maximum absolute atomic E-state index is 12.0. The van der Waals surface area contributed by atoms with E-state index in [1.54, 1.807) is 21.3 Å². The minimum absolute atomic E-state index is 0.228. The van der Waals surface area contributed by atoms with Gasteiger partial charge < -0.3 is 19.1 Å². The molecule has 2 aliphatic rings. The molecular weight excluding hydrogens is 258 g/mol. The SMILES string of the molecule is COc1cc(OC)c(CN2C(=O)C[C@@H]3C[C@@H]32)c(OC)c1. The summed E-state index contributed by atoms with van der Waals surface area (Å²) in [6.45, 7) is 0.538. The van der Waals surface area contributed by atoms with Crippen LogP contribution in [0.3, 0.4) is 0 Å². The Morgan fingerprint density at radius 3 is 2.25 bits per heavy atom. The number of carbonyl (C=O) groups is 1. The highest BCUT2D eigenvalue weighted by molar-refractivity contribution is 5.81. The van der Waals surface area contributed by atoms with Gasteiger partial charge >= 0.3 is 0 Å². The van der Waals surface area contributed by atoms with Crippen LogP contribution in [0.2, 0.25) is 0 Å². The fraction of sp³-hybridized carbons (Fsp3) is 0.533. The first-order chi connectivity index (χ1) is 9.67. The molecule has 3 rings (SSSR count). The molecule has 108 valence electrons. The van der Waals surface area contributed by atoms with Crippen LogP contribution in [0.25, 0.3) is 0 Å². The number of methoxy groups -OCH3 is 3. The molecule has 0 N–H and O–H groups in total. The molecule has 0 unspecified atom stereocenters. The summed E-state index contributed by atoms with van der Waals surface area (Å²) < 4.78 is 16.1. The van der Waals surface area contributed by atoms with Crippen LogP contribution in [-0.2, 0) is 11.3 Å². The van der Waals surface area contributed by atoms with Crippen LogP contribution < -0.4 is 14.2 Å². The first-order valence-corrected chi connectivity index (χ1v) is 6.76. The molecule has 5 nitrogen and oxygen atoms in total. The van der Waals surface area contributed by atoms with Gasteiger partial charge in [-0.1, -0.05) is 0 Å². The fourth-order valence-corrected chi connectivity index (χ4v) is 2.97. The largest absolute Gasteiger partial charge is 0.496 e. The van der Waals surface area contributed by atoms with Crippen molar-refractivity contribution in [3.05, 3.63) is 17.7 Å². The van der Waals surface area contributed by atoms with Crippen molar-refractivity contribution >= 4 is 5.91 Å². The van der Waals surface area contributed by atoms with Gasteiger partial charge in [-0.3, -0.25) is 4.79 Å².